The molecule has 0 rings (SSSR count). The van der Waals surface area contributed by atoms with Crippen LogP contribution in [0.3, 0.4) is 0 Å². The minimum Gasteiger partial charge on any atom is -0.391 e. The summed E-state index contributed by atoms with van der Waals surface area (Å²) in [4.78, 5) is 22.7. The lowest BCUT2D eigenvalue weighted by atomic mass is 10.0. The van der Waals surface area contributed by atoms with Gasteiger partial charge >= 0.3 is 11.9 Å². The minimum absolute atomic E-state index is 0.138. The summed E-state index contributed by atoms with van der Waals surface area (Å²) < 4.78 is 9.57. The molecule has 154 valence electrons. The van der Waals surface area contributed by atoms with Crippen LogP contribution < -0.4 is 0 Å². The van der Waals surface area contributed by atoms with E-state index in [0.29, 0.717) is 13.0 Å². The highest BCUT2D eigenvalue weighted by molar-refractivity contribution is 5.85. The molecule has 0 fully saturated rings. The van der Waals surface area contributed by atoms with Crippen molar-refractivity contribution < 1.29 is 19.1 Å². The highest BCUT2D eigenvalue weighted by Gasteiger charge is 2.09. The summed E-state index contributed by atoms with van der Waals surface area (Å²) in [5, 5.41) is 0. The van der Waals surface area contributed by atoms with Gasteiger partial charge in [0.25, 0.3) is 0 Å². The Balaban J connectivity index is 3.19. The topological polar surface area (TPSA) is 52.6 Å². The molecule has 0 unspecified atom stereocenters. The number of unbranched alkanes of at least 4 members (excludes halogenated alkanes) is 14. The van der Waals surface area contributed by atoms with Crippen molar-refractivity contribution in [2.75, 3.05) is 13.2 Å². The lowest BCUT2D eigenvalue weighted by Crippen LogP contribution is -2.17. The number of hydrogen-bond donors (Lipinski definition) is 0. The largest absolute Gasteiger partial charge is 0.391 e. The van der Waals surface area contributed by atoms with Gasteiger partial charge in [-0.2, -0.15) is 0 Å². The van der Waals surface area contributed by atoms with E-state index in [9.17, 15) is 9.59 Å². The zero-order chi connectivity index (χ0) is 19.3. The van der Waals surface area contributed by atoms with Crippen LogP contribution in [-0.4, -0.2) is 25.2 Å². The molecule has 0 radical (unpaired) electrons. The molecule has 0 saturated heterocycles. The molecule has 26 heavy (non-hydrogen) atoms. The molecule has 0 aliphatic carbocycles. The van der Waals surface area contributed by atoms with Crippen LogP contribution in [0.5, 0.6) is 0 Å². The Labute approximate surface area is 161 Å². The average molecular weight is 371 g/mol. The molecule has 0 aromatic heterocycles. The molecule has 0 aromatic rings. The van der Waals surface area contributed by atoms with Crippen LogP contribution in [0.4, 0.5) is 0 Å². The molecule has 0 saturated carbocycles. The van der Waals surface area contributed by atoms with Gasteiger partial charge in [-0.15, -0.1) is 0 Å². The monoisotopic (exact) mass is 370 g/mol. The normalized spacial score (nSPS) is 10.8. The Morgan fingerprint density at radius 1 is 0.577 bits per heavy atom. The summed E-state index contributed by atoms with van der Waals surface area (Å²) >= 11 is 0. The number of rotatable bonds is 19. The van der Waals surface area contributed by atoms with Gasteiger partial charge in [0.15, 0.2) is 0 Å². The summed E-state index contributed by atoms with van der Waals surface area (Å²) in [6.07, 6.45) is 19.7. The van der Waals surface area contributed by atoms with Crippen LogP contribution in [0.2, 0.25) is 0 Å². The van der Waals surface area contributed by atoms with E-state index in [4.69, 9.17) is 4.74 Å². The molecule has 0 aliphatic heterocycles. The molecule has 0 heterocycles. The summed E-state index contributed by atoms with van der Waals surface area (Å²) in [5.41, 5.74) is 0. The third kappa shape index (κ3) is 19.4. The fourth-order valence-electron chi connectivity index (χ4n) is 3.03. The van der Waals surface area contributed by atoms with Crippen LogP contribution in [0.1, 0.15) is 117 Å². The van der Waals surface area contributed by atoms with Crippen molar-refractivity contribution in [2.24, 2.45) is 0 Å². The maximum atomic E-state index is 11.5. The first-order valence-corrected chi connectivity index (χ1v) is 11.0. The predicted molar refractivity (Wildman–Crippen MR) is 107 cm³/mol. The first kappa shape index (κ1) is 25.1. The molecule has 0 N–H and O–H groups in total. The van der Waals surface area contributed by atoms with E-state index in [-0.39, 0.29) is 6.61 Å². The molecule has 0 amide bonds. The van der Waals surface area contributed by atoms with E-state index in [0.717, 1.165) is 19.3 Å². The molecule has 0 bridgehead atoms. The van der Waals surface area contributed by atoms with Gasteiger partial charge in [-0.25, -0.2) is 4.79 Å². The van der Waals surface area contributed by atoms with Crippen molar-refractivity contribution in [3.05, 3.63) is 0 Å². The van der Waals surface area contributed by atoms with Crippen molar-refractivity contribution >= 4 is 11.9 Å². The third-order valence-corrected chi connectivity index (χ3v) is 4.64. The van der Waals surface area contributed by atoms with Gasteiger partial charge in [0.1, 0.15) is 6.61 Å². The van der Waals surface area contributed by atoms with Gasteiger partial charge < -0.3 is 9.47 Å². The first-order chi connectivity index (χ1) is 12.7. The average Bonchev–Trinajstić information content (AvgIpc) is 2.63. The van der Waals surface area contributed by atoms with Crippen LogP contribution in [0.25, 0.3) is 0 Å². The van der Waals surface area contributed by atoms with Crippen molar-refractivity contribution in [1.29, 1.82) is 0 Å². The van der Waals surface area contributed by atoms with E-state index in [1.165, 1.54) is 77.0 Å². The fourth-order valence-corrected chi connectivity index (χ4v) is 3.03. The van der Waals surface area contributed by atoms with Gasteiger partial charge in [0.05, 0.1) is 0 Å². The minimum atomic E-state index is -0.585. The molecule has 0 spiro atoms. The van der Waals surface area contributed by atoms with Crippen molar-refractivity contribution in [3.8, 4) is 0 Å². The van der Waals surface area contributed by atoms with Crippen molar-refractivity contribution in [1.82, 2.24) is 0 Å². The highest BCUT2D eigenvalue weighted by Crippen LogP contribution is 2.13. The third-order valence-electron chi connectivity index (χ3n) is 4.64. The Kier molecular flexibility index (Phi) is 19.7. The smallest absolute Gasteiger partial charge is 0.339 e. The van der Waals surface area contributed by atoms with Crippen LogP contribution in [-0.2, 0) is 19.1 Å². The van der Waals surface area contributed by atoms with Gasteiger partial charge in [-0.3, -0.25) is 4.79 Å². The highest BCUT2D eigenvalue weighted by atomic mass is 16.6. The van der Waals surface area contributed by atoms with Gasteiger partial charge in [-0.05, 0) is 13.3 Å². The van der Waals surface area contributed by atoms with Crippen molar-refractivity contribution in [2.45, 2.75) is 117 Å². The van der Waals surface area contributed by atoms with E-state index >= 15 is 0 Å². The summed E-state index contributed by atoms with van der Waals surface area (Å²) in [6.45, 7) is 4.37. The standard InChI is InChI=1S/C22H42O4/c1-3-5-6-7-8-9-10-11-12-13-14-15-16-17-18-19-21(23)26-22(24)20-25-4-2/h3-20H2,1-2H3. The van der Waals surface area contributed by atoms with Gasteiger partial charge in [-0.1, -0.05) is 96.8 Å². The number of carbonyl (C=O) groups excluding carboxylic acids is 2. The zero-order valence-electron chi connectivity index (χ0n) is 17.4. The predicted octanol–water partition coefficient (Wildman–Crippen LogP) is 6.35. The molecule has 4 heteroatoms. The first-order valence-electron chi connectivity index (χ1n) is 11.0. The second kappa shape index (κ2) is 20.4. The number of carbonyl (C=O) groups is 2. The second-order valence-corrected chi connectivity index (χ2v) is 7.18. The second-order valence-electron chi connectivity index (χ2n) is 7.18. The summed E-state index contributed by atoms with van der Waals surface area (Å²) in [6, 6.07) is 0. The van der Waals surface area contributed by atoms with Crippen LogP contribution in [0.15, 0.2) is 0 Å². The molecule has 0 atom stereocenters. The molecular weight excluding hydrogens is 328 g/mol. The maximum absolute atomic E-state index is 11.5. The molecule has 4 nitrogen and oxygen atoms in total. The Bertz CT molecular complexity index is 328. The summed E-state index contributed by atoms with van der Waals surface area (Å²) in [7, 11) is 0. The zero-order valence-corrected chi connectivity index (χ0v) is 17.4. The van der Waals surface area contributed by atoms with E-state index in [1.54, 1.807) is 6.92 Å². The fraction of sp³-hybridized carbons (Fsp3) is 0.909. The number of ether oxygens (including phenoxy) is 2. The van der Waals surface area contributed by atoms with Crippen LogP contribution >= 0.6 is 0 Å². The van der Waals surface area contributed by atoms with Gasteiger partial charge in [0.2, 0.25) is 0 Å². The van der Waals surface area contributed by atoms with Gasteiger partial charge in [0, 0.05) is 13.0 Å². The van der Waals surface area contributed by atoms with E-state index in [1.807, 2.05) is 0 Å². The number of hydrogen-bond acceptors (Lipinski definition) is 4. The molecule has 0 aromatic carbocycles. The Hall–Kier alpha value is -0.900. The summed E-state index contributed by atoms with van der Waals surface area (Å²) in [5.74, 6) is -1.01. The lowest BCUT2D eigenvalue weighted by molar-refractivity contribution is -0.162. The van der Waals surface area contributed by atoms with E-state index < -0.39 is 11.9 Å². The Morgan fingerprint density at radius 3 is 1.42 bits per heavy atom. The lowest BCUT2D eigenvalue weighted by Gasteiger charge is -2.04. The molecular formula is C22H42O4. The Morgan fingerprint density at radius 2 is 1.00 bits per heavy atom. The van der Waals surface area contributed by atoms with Crippen LogP contribution in [0, 0.1) is 0 Å². The van der Waals surface area contributed by atoms with E-state index in [2.05, 4.69) is 11.7 Å². The maximum Gasteiger partial charge on any atom is 0.339 e. The quantitative estimate of drug-likeness (QED) is 0.151. The SMILES string of the molecule is CCCCCCCCCCCCCCCCCC(=O)OC(=O)COCC. The number of esters is 2. The van der Waals surface area contributed by atoms with Crippen molar-refractivity contribution in [3.63, 3.8) is 0 Å². The molecule has 0 aliphatic rings.